The van der Waals surface area contributed by atoms with Gasteiger partial charge in [0, 0.05) is 19.1 Å². The van der Waals surface area contributed by atoms with Gasteiger partial charge in [-0.25, -0.2) is 4.39 Å². The normalized spacial score (nSPS) is 13.1. The smallest absolute Gasteiger partial charge is 0.137 e. The van der Waals surface area contributed by atoms with Crippen LogP contribution in [0.1, 0.15) is 19.4 Å². The lowest BCUT2D eigenvalue weighted by Crippen LogP contribution is -2.37. The first-order valence-electron chi connectivity index (χ1n) is 5.89. The molecule has 0 saturated heterocycles. The number of nitrogens with one attached hydrogen (secondary N) is 1. The van der Waals surface area contributed by atoms with E-state index in [-0.39, 0.29) is 5.82 Å². The van der Waals surface area contributed by atoms with Gasteiger partial charge < -0.3 is 10.2 Å². The van der Waals surface area contributed by atoms with Crippen molar-refractivity contribution < 1.29 is 4.39 Å². The Morgan fingerprint density at radius 2 is 2.18 bits per heavy atom. The number of rotatable bonds is 6. The highest BCUT2D eigenvalue weighted by molar-refractivity contribution is 9.10. The molecule has 96 valence electrons. The number of halogens is 2. The average molecular weight is 303 g/mol. The van der Waals surface area contributed by atoms with Crippen LogP contribution in [0, 0.1) is 5.82 Å². The molecule has 0 bridgehead atoms. The summed E-state index contributed by atoms with van der Waals surface area (Å²) < 4.78 is 13.8. The third kappa shape index (κ3) is 4.74. The number of hydrogen-bond donors (Lipinski definition) is 1. The summed E-state index contributed by atoms with van der Waals surface area (Å²) in [5, 5.41) is 3.39. The van der Waals surface area contributed by atoms with E-state index in [4.69, 9.17) is 0 Å². The van der Waals surface area contributed by atoms with Gasteiger partial charge >= 0.3 is 0 Å². The lowest BCUT2D eigenvalue weighted by Gasteiger charge is -2.21. The molecule has 0 fully saturated rings. The quantitative estimate of drug-likeness (QED) is 0.869. The first kappa shape index (κ1) is 14.6. The molecular formula is C13H20BrFN2. The van der Waals surface area contributed by atoms with Crippen molar-refractivity contribution in [1.82, 2.24) is 10.2 Å². The van der Waals surface area contributed by atoms with E-state index in [1.807, 2.05) is 6.07 Å². The molecule has 0 radical (unpaired) electrons. The van der Waals surface area contributed by atoms with Crippen LogP contribution in [-0.2, 0) is 6.54 Å². The number of hydrogen-bond acceptors (Lipinski definition) is 2. The van der Waals surface area contributed by atoms with Crippen molar-refractivity contribution in [2.75, 3.05) is 20.1 Å². The van der Waals surface area contributed by atoms with Gasteiger partial charge in [0.15, 0.2) is 0 Å². The summed E-state index contributed by atoms with van der Waals surface area (Å²) in [6.45, 7) is 6.98. The van der Waals surface area contributed by atoms with Crippen molar-refractivity contribution in [1.29, 1.82) is 0 Å². The number of nitrogens with zero attached hydrogens (tertiary/aromatic N) is 1. The first-order valence-corrected chi connectivity index (χ1v) is 6.68. The molecule has 1 unspecified atom stereocenters. The summed E-state index contributed by atoms with van der Waals surface area (Å²) in [6, 6.07) is 5.51. The van der Waals surface area contributed by atoms with Gasteiger partial charge in [0.25, 0.3) is 0 Å². The van der Waals surface area contributed by atoms with Crippen molar-refractivity contribution in [3.8, 4) is 0 Å². The maximum atomic E-state index is 13.3. The average Bonchev–Trinajstić information content (AvgIpc) is 2.31. The van der Waals surface area contributed by atoms with Crippen LogP contribution in [0.5, 0.6) is 0 Å². The highest BCUT2D eigenvalue weighted by atomic mass is 79.9. The molecular weight excluding hydrogens is 283 g/mol. The molecule has 0 aliphatic rings. The molecule has 0 saturated carbocycles. The third-order valence-electron chi connectivity index (χ3n) is 2.80. The van der Waals surface area contributed by atoms with Crippen LogP contribution < -0.4 is 5.32 Å². The molecule has 4 heteroatoms. The van der Waals surface area contributed by atoms with Crippen molar-refractivity contribution in [2.24, 2.45) is 0 Å². The minimum Gasteiger partial charge on any atom is -0.309 e. The van der Waals surface area contributed by atoms with Crippen LogP contribution in [0.25, 0.3) is 0 Å². The Labute approximate surface area is 111 Å². The predicted molar refractivity (Wildman–Crippen MR) is 73.6 cm³/mol. The zero-order valence-electron chi connectivity index (χ0n) is 10.6. The Bertz CT molecular complexity index is 357. The van der Waals surface area contributed by atoms with Crippen LogP contribution in [0.4, 0.5) is 4.39 Å². The second-order valence-electron chi connectivity index (χ2n) is 4.35. The molecule has 0 spiro atoms. The van der Waals surface area contributed by atoms with E-state index in [1.165, 1.54) is 6.07 Å². The minimum atomic E-state index is -0.206. The maximum absolute atomic E-state index is 13.3. The van der Waals surface area contributed by atoms with E-state index in [9.17, 15) is 4.39 Å². The molecule has 17 heavy (non-hydrogen) atoms. The highest BCUT2D eigenvalue weighted by Gasteiger charge is 2.08. The Hall–Kier alpha value is -0.450. The van der Waals surface area contributed by atoms with Crippen LogP contribution in [0.3, 0.4) is 0 Å². The molecule has 1 atom stereocenters. The Morgan fingerprint density at radius 3 is 2.82 bits per heavy atom. The molecule has 0 aromatic heterocycles. The molecule has 1 aromatic rings. The summed E-state index contributed by atoms with van der Waals surface area (Å²) in [6.07, 6.45) is 0. The van der Waals surface area contributed by atoms with Gasteiger partial charge in [-0.05, 0) is 48.1 Å². The minimum absolute atomic E-state index is 0.206. The second-order valence-corrected chi connectivity index (χ2v) is 5.14. The van der Waals surface area contributed by atoms with Crippen molar-refractivity contribution in [3.63, 3.8) is 0 Å². The van der Waals surface area contributed by atoms with E-state index in [0.717, 1.165) is 18.7 Å². The second kappa shape index (κ2) is 7.09. The monoisotopic (exact) mass is 302 g/mol. The van der Waals surface area contributed by atoms with E-state index in [0.29, 0.717) is 17.1 Å². The van der Waals surface area contributed by atoms with E-state index in [2.05, 4.69) is 47.0 Å². The third-order valence-corrected chi connectivity index (χ3v) is 3.69. The standard InChI is InChI=1S/C13H20BrFN2/c1-4-17(3)9-10(2)16-8-11-6-5-7-12(15)13(11)14/h5-7,10,16H,4,8-9H2,1-3H3. The van der Waals surface area contributed by atoms with Gasteiger partial charge in [-0.15, -0.1) is 0 Å². The fraction of sp³-hybridized carbons (Fsp3) is 0.538. The summed E-state index contributed by atoms with van der Waals surface area (Å²) in [5.74, 6) is -0.206. The fourth-order valence-corrected chi connectivity index (χ4v) is 2.03. The molecule has 1 aromatic carbocycles. The van der Waals surface area contributed by atoms with Crippen LogP contribution in [-0.4, -0.2) is 31.1 Å². The maximum Gasteiger partial charge on any atom is 0.137 e. The van der Waals surface area contributed by atoms with Gasteiger partial charge in [-0.3, -0.25) is 0 Å². The van der Waals surface area contributed by atoms with Crippen LogP contribution in [0.15, 0.2) is 22.7 Å². The van der Waals surface area contributed by atoms with Crippen molar-refractivity contribution in [3.05, 3.63) is 34.1 Å². The largest absolute Gasteiger partial charge is 0.309 e. The zero-order valence-corrected chi connectivity index (χ0v) is 12.2. The topological polar surface area (TPSA) is 15.3 Å². The predicted octanol–water partition coefficient (Wildman–Crippen LogP) is 3.02. The van der Waals surface area contributed by atoms with Gasteiger partial charge in [0.1, 0.15) is 5.82 Å². The Morgan fingerprint density at radius 1 is 1.47 bits per heavy atom. The molecule has 1 N–H and O–H groups in total. The Balaban J connectivity index is 2.47. The molecule has 0 aliphatic carbocycles. The lowest BCUT2D eigenvalue weighted by atomic mass is 10.2. The van der Waals surface area contributed by atoms with E-state index in [1.54, 1.807) is 6.07 Å². The number of likely N-dealkylation sites (N-methyl/N-ethyl adjacent to an activating group) is 1. The summed E-state index contributed by atoms with van der Waals surface area (Å²) in [5.41, 5.74) is 0.955. The van der Waals surface area contributed by atoms with Crippen LogP contribution in [0.2, 0.25) is 0 Å². The number of benzene rings is 1. The van der Waals surface area contributed by atoms with E-state index >= 15 is 0 Å². The molecule has 2 nitrogen and oxygen atoms in total. The Kier molecular flexibility index (Phi) is 6.09. The van der Waals surface area contributed by atoms with Crippen molar-refractivity contribution in [2.45, 2.75) is 26.4 Å². The summed E-state index contributed by atoms with van der Waals surface area (Å²) in [7, 11) is 2.09. The molecule has 0 aliphatic heterocycles. The van der Waals surface area contributed by atoms with Gasteiger partial charge in [0.2, 0.25) is 0 Å². The highest BCUT2D eigenvalue weighted by Crippen LogP contribution is 2.20. The summed E-state index contributed by atoms with van der Waals surface area (Å²) >= 11 is 3.27. The van der Waals surface area contributed by atoms with Gasteiger partial charge in [-0.1, -0.05) is 19.1 Å². The molecule has 1 rings (SSSR count). The lowest BCUT2D eigenvalue weighted by molar-refractivity contribution is 0.309. The van der Waals surface area contributed by atoms with Gasteiger partial charge in [0.05, 0.1) is 4.47 Å². The van der Waals surface area contributed by atoms with Gasteiger partial charge in [-0.2, -0.15) is 0 Å². The first-order chi connectivity index (χ1) is 8.04. The van der Waals surface area contributed by atoms with Crippen LogP contribution >= 0.6 is 15.9 Å². The zero-order chi connectivity index (χ0) is 12.8. The summed E-state index contributed by atoms with van der Waals surface area (Å²) in [4.78, 5) is 2.25. The molecule has 0 heterocycles. The van der Waals surface area contributed by atoms with Crippen molar-refractivity contribution >= 4 is 15.9 Å². The van der Waals surface area contributed by atoms with E-state index < -0.39 is 0 Å². The fourth-order valence-electron chi connectivity index (χ4n) is 1.63. The molecule has 0 amide bonds. The SMILES string of the molecule is CCN(C)CC(C)NCc1cccc(F)c1Br.